The molecule has 0 aliphatic carbocycles. The fourth-order valence-corrected chi connectivity index (χ4v) is 0.960. The van der Waals surface area contributed by atoms with Gasteiger partial charge in [0.05, 0.1) is 13.2 Å². The molecule has 0 unspecified atom stereocenters. The first-order chi connectivity index (χ1) is 5.50. The summed E-state index contributed by atoms with van der Waals surface area (Å²) in [6, 6.07) is 0. The molecular formula is C7H14O4. The molecule has 1 saturated heterocycles. The molecule has 4 nitrogen and oxygen atoms in total. The van der Waals surface area contributed by atoms with E-state index in [0.717, 1.165) is 12.8 Å². The highest BCUT2D eigenvalue weighted by Gasteiger charge is 1.96. The number of hydrogen-bond acceptors (Lipinski definition) is 4. The quantitative estimate of drug-likeness (QED) is 0.508. The van der Waals surface area contributed by atoms with Crippen LogP contribution in [0.2, 0.25) is 0 Å². The summed E-state index contributed by atoms with van der Waals surface area (Å²) in [6.07, 6.45) is 5.63. The lowest BCUT2D eigenvalue weighted by Crippen LogP contribution is -1.99. The van der Waals surface area contributed by atoms with Crippen LogP contribution in [0.4, 0.5) is 0 Å². The van der Waals surface area contributed by atoms with Crippen molar-refractivity contribution in [3.05, 3.63) is 0 Å². The standard InChI is InChI=1S/C7H14O4/c1-2-4-6-8-10-11-9-7-5-3-1/h1-7H2. The fraction of sp³-hybridized carbons (Fsp3) is 1.00. The van der Waals surface area contributed by atoms with E-state index < -0.39 is 0 Å². The first kappa shape index (κ1) is 8.93. The molecule has 1 aliphatic rings. The van der Waals surface area contributed by atoms with Gasteiger partial charge < -0.3 is 0 Å². The predicted molar refractivity (Wildman–Crippen MR) is 37.2 cm³/mol. The van der Waals surface area contributed by atoms with E-state index in [1.807, 2.05) is 0 Å². The largest absolute Gasteiger partial charge is 0.204 e. The highest BCUT2D eigenvalue weighted by Crippen LogP contribution is 2.05. The summed E-state index contributed by atoms with van der Waals surface area (Å²) in [7, 11) is 0. The lowest BCUT2D eigenvalue weighted by Gasteiger charge is -1.98. The van der Waals surface area contributed by atoms with Crippen molar-refractivity contribution in [1.82, 2.24) is 0 Å². The van der Waals surface area contributed by atoms with E-state index in [-0.39, 0.29) is 0 Å². The van der Waals surface area contributed by atoms with E-state index in [9.17, 15) is 0 Å². The Morgan fingerprint density at radius 3 is 1.55 bits per heavy atom. The zero-order valence-electron chi connectivity index (χ0n) is 6.58. The zero-order chi connectivity index (χ0) is 7.78. The van der Waals surface area contributed by atoms with Gasteiger partial charge in [-0.3, -0.25) is 0 Å². The van der Waals surface area contributed by atoms with Crippen LogP contribution in [0.25, 0.3) is 0 Å². The van der Waals surface area contributed by atoms with Crippen LogP contribution in [0.1, 0.15) is 32.1 Å². The molecule has 0 bridgehead atoms. The normalized spacial score (nSPS) is 24.0. The van der Waals surface area contributed by atoms with Crippen LogP contribution in [0.3, 0.4) is 0 Å². The Morgan fingerprint density at radius 1 is 0.545 bits per heavy atom. The topological polar surface area (TPSA) is 36.9 Å². The predicted octanol–water partition coefficient (Wildman–Crippen LogP) is 1.76. The second kappa shape index (κ2) is 6.54. The van der Waals surface area contributed by atoms with Gasteiger partial charge in [0.15, 0.2) is 0 Å². The van der Waals surface area contributed by atoms with Crippen molar-refractivity contribution >= 4 is 0 Å². The third-order valence-corrected chi connectivity index (χ3v) is 1.58. The van der Waals surface area contributed by atoms with Crippen molar-refractivity contribution in [1.29, 1.82) is 0 Å². The summed E-state index contributed by atoms with van der Waals surface area (Å²) in [6.45, 7) is 1.15. The fourth-order valence-electron chi connectivity index (χ4n) is 0.960. The van der Waals surface area contributed by atoms with Gasteiger partial charge in [0, 0.05) is 0 Å². The first-order valence-electron chi connectivity index (χ1n) is 4.08. The van der Waals surface area contributed by atoms with Gasteiger partial charge >= 0.3 is 0 Å². The molecule has 1 aliphatic heterocycles. The molecule has 0 N–H and O–H groups in total. The van der Waals surface area contributed by atoms with Gasteiger partial charge in [0.25, 0.3) is 0 Å². The maximum atomic E-state index is 4.62. The van der Waals surface area contributed by atoms with Crippen LogP contribution in [0, 0.1) is 0 Å². The maximum absolute atomic E-state index is 4.62. The first-order valence-corrected chi connectivity index (χ1v) is 4.08. The van der Waals surface area contributed by atoms with Crippen molar-refractivity contribution in [3.8, 4) is 0 Å². The maximum Gasteiger partial charge on any atom is 0.0854 e. The van der Waals surface area contributed by atoms with Gasteiger partial charge in [0.1, 0.15) is 0 Å². The Morgan fingerprint density at radius 2 is 1.00 bits per heavy atom. The molecule has 11 heavy (non-hydrogen) atoms. The van der Waals surface area contributed by atoms with E-state index in [2.05, 4.69) is 19.9 Å². The summed E-state index contributed by atoms with van der Waals surface area (Å²) in [4.78, 5) is 9.24. The Kier molecular flexibility index (Phi) is 5.31. The molecule has 1 fully saturated rings. The van der Waals surface area contributed by atoms with Crippen LogP contribution >= 0.6 is 0 Å². The van der Waals surface area contributed by atoms with Crippen LogP contribution in [-0.4, -0.2) is 13.2 Å². The molecule has 0 radical (unpaired) electrons. The lowest BCUT2D eigenvalue weighted by molar-refractivity contribution is -0.634. The molecular weight excluding hydrogens is 148 g/mol. The van der Waals surface area contributed by atoms with Crippen LogP contribution < -0.4 is 0 Å². The van der Waals surface area contributed by atoms with Crippen molar-refractivity contribution < 1.29 is 19.9 Å². The molecule has 1 heterocycles. The molecule has 0 atom stereocenters. The molecule has 0 aromatic carbocycles. The summed E-state index contributed by atoms with van der Waals surface area (Å²) >= 11 is 0. The highest BCUT2D eigenvalue weighted by molar-refractivity contribution is 4.42. The summed E-state index contributed by atoms with van der Waals surface area (Å²) in [5.41, 5.74) is 0. The van der Waals surface area contributed by atoms with Crippen LogP contribution in [0.5, 0.6) is 0 Å². The average molecular weight is 162 g/mol. The second-order valence-corrected chi connectivity index (χ2v) is 2.55. The molecule has 0 aromatic heterocycles. The molecule has 0 amide bonds. The summed E-state index contributed by atoms with van der Waals surface area (Å²) < 4.78 is 0. The van der Waals surface area contributed by atoms with E-state index in [1.165, 1.54) is 19.3 Å². The molecule has 0 saturated carbocycles. The monoisotopic (exact) mass is 162 g/mol. The minimum Gasteiger partial charge on any atom is -0.204 e. The molecule has 66 valence electrons. The number of hydrogen-bond donors (Lipinski definition) is 0. The smallest absolute Gasteiger partial charge is 0.0854 e. The van der Waals surface area contributed by atoms with E-state index >= 15 is 0 Å². The second-order valence-electron chi connectivity index (χ2n) is 2.55. The molecule has 4 heteroatoms. The minimum atomic E-state index is 0.573. The van der Waals surface area contributed by atoms with E-state index in [4.69, 9.17) is 0 Å². The Hall–Kier alpha value is -0.160. The van der Waals surface area contributed by atoms with Gasteiger partial charge in [0.2, 0.25) is 0 Å². The SMILES string of the molecule is C1CCCOOOOCCC1. The Labute approximate surface area is 66.2 Å². The third-order valence-electron chi connectivity index (χ3n) is 1.58. The van der Waals surface area contributed by atoms with Gasteiger partial charge in [-0.2, -0.15) is 0 Å². The lowest BCUT2D eigenvalue weighted by atomic mass is 10.1. The van der Waals surface area contributed by atoms with Crippen molar-refractivity contribution in [2.75, 3.05) is 13.2 Å². The molecule has 1 rings (SSSR count). The Bertz CT molecular complexity index is 48.5. The van der Waals surface area contributed by atoms with Gasteiger partial charge in [-0.25, -0.2) is 9.78 Å². The highest BCUT2D eigenvalue weighted by atomic mass is 17.7. The van der Waals surface area contributed by atoms with Crippen LogP contribution in [0.15, 0.2) is 0 Å². The van der Waals surface area contributed by atoms with Crippen molar-refractivity contribution in [3.63, 3.8) is 0 Å². The zero-order valence-corrected chi connectivity index (χ0v) is 6.58. The molecule has 0 aromatic rings. The van der Waals surface area contributed by atoms with E-state index in [1.54, 1.807) is 0 Å². The van der Waals surface area contributed by atoms with E-state index in [0.29, 0.717) is 13.2 Å². The minimum absolute atomic E-state index is 0.573. The van der Waals surface area contributed by atoms with Crippen LogP contribution in [-0.2, 0) is 19.9 Å². The van der Waals surface area contributed by atoms with Crippen molar-refractivity contribution in [2.24, 2.45) is 0 Å². The summed E-state index contributed by atoms with van der Waals surface area (Å²) in [5, 5.41) is 8.49. The van der Waals surface area contributed by atoms with Gasteiger partial charge in [-0.15, -0.1) is 0 Å². The van der Waals surface area contributed by atoms with Gasteiger partial charge in [-0.05, 0) is 22.9 Å². The van der Waals surface area contributed by atoms with Crippen molar-refractivity contribution in [2.45, 2.75) is 32.1 Å². The average Bonchev–Trinajstić information content (AvgIpc) is 2.08. The number of rotatable bonds is 0. The molecule has 0 spiro atoms. The summed E-state index contributed by atoms with van der Waals surface area (Å²) in [5.74, 6) is 0. The third kappa shape index (κ3) is 5.15. The Balaban J connectivity index is 2.02. The van der Waals surface area contributed by atoms with Gasteiger partial charge in [-0.1, -0.05) is 19.3 Å².